The summed E-state index contributed by atoms with van der Waals surface area (Å²) in [6, 6.07) is 13.4. The van der Waals surface area contributed by atoms with E-state index in [0.717, 1.165) is 22.7 Å². The van der Waals surface area contributed by atoms with Crippen LogP contribution in [-0.4, -0.2) is 19.6 Å². The quantitative estimate of drug-likeness (QED) is 0.885. The average Bonchev–Trinajstić information content (AvgIpc) is 2.49. The van der Waals surface area contributed by atoms with Crippen molar-refractivity contribution in [3.63, 3.8) is 0 Å². The number of amides is 1. The third-order valence-corrected chi connectivity index (χ3v) is 3.21. The molecule has 0 saturated carbocycles. The molecule has 2 N–H and O–H groups in total. The van der Waals surface area contributed by atoms with Crippen molar-refractivity contribution in [2.45, 2.75) is 13.8 Å². The third kappa shape index (κ3) is 4.24. The molecule has 21 heavy (non-hydrogen) atoms. The Balaban J connectivity index is 1.91. The maximum atomic E-state index is 11.9. The number of aryl methyl sites for hydroxylation is 2. The third-order valence-electron chi connectivity index (χ3n) is 3.21. The Labute approximate surface area is 125 Å². The van der Waals surface area contributed by atoms with E-state index < -0.39 is 0 Å². The highest BCUT2D eigenvalue weighted by Crippen LogP contribution is 2.17. The zero-order valence-corrected chi connectivity index (χ0v) is 12.6. The number of hydrogen-bond donors (Lipinski definition) is 2. The maximum absolute atomic E-state index is 11.9. The zero-order valence-electron chi connectivity index (χ0n) is 12.6. The van der Waals surface area contributed by atoms with Gasteiger partial charge in [0.25, 0.3) is 0 Å². The fourth-order valence-electron chi connectivity index (χ4n) is 1.98. The maximum Gasteiger partial charge on any atom is 0.243 e. The van der Waals surface area contributed by atoms with Crippen molar-refractivity contribution in [3.8, 4) is 5.75 Å². The summed E-state index contributed by atoms with van der Waals surface area (Å²) in [6.07, 6.45) is 0. The van der Waals surface area contributed by atoms with Gasteiger partial charge in [-0.05, 0) is 55.3 Å². The van der Waals surface area contributed by atoms with Crippen LogP contribution < -0.4 is 15.4 Å². The Bertz CT molecular complexity index is 621. The lowest BCUT2D eigenvalue weighted by molar-refractivity contribution is -0.114. The molecule has 2 rings (SSSR count). The van der Waals surface area contributed by atoms with Gasteiger partial charge in [0, 0.05) is 11.4 Å². The lowest BCUT2D eigenvalue weighted by atomic mass is 10.1. The molecule has 4 heteroatoms. The number of hydrogen-bond acceptors (Lipinski definition) is 3. The molecule has 0 radical (unpaired) electrons. The Morgan fingerprint density at radius 1 is 1.10 bits per heavy atom. The van der Waals surface area contributed by atoms with E-state index in [4.69, 9.17) is 4.74 Å². The first-order valence-electron chi connectivity index (χ1n) is 6.83. The van der Waals surface area contributed by atoms with E-state index in [2.05, 4.69) is 16.7 Å². The number of rotatable bonds is 5. The molecule has 2 aromatic carbocycles. The van der Waals surface area contributed by atoms with Gasteiger partial charge in [-0.25, -0.2) is 0 Å². The summed E-state index contributed by atoms with van der Waals surface area (Å²) in [5.74, 6) is 0.683. The topological polar surface area (TPSA) is 50.4 Å². The van der Waals surface area contributed by atoms with Gasteiger partial charge in [0.15, 0.2) is 0 Å². The van der Waals surface area contributed by atoms with Gasteiger partial charge < -0.3 is 15.4 Å². The van der Waals surface area contributed by atoms with Gasteiger partial charge >= 0.3 is 0 Å². The standard InChI is InChI=1S/C17H20N2O2/c1-12-4-5-13(2)16(10-12)18-11-17(20)19-14-6-8-15(21-3)9-7-14/h4-10,18H,11H2,1-3H3,(H,19,20). The van der Waals surface area contributed by atoms with Crippen LogP contribution in [0.25, 0.3) is 0 Å². The highest BCUT2D eigenvalue weighted by atomic mass is 16.5. The van der Waals surface area contributed by atoms with E-state index in [0.29, 0.717) is 0 Å². The van der Waals surface area contributed by atoms with Crippen LogP contribution in [0.2, 0.25) is 0 Å². The molecule has 0 unspecified atom stereocenters. The molecule has 2 aromatic rings. The number of benzene rings is 2. The molecule has 0 aliphatic heterocycles. The molecule has 1 amide bonds. The van der Waals surface area contributed by atoms with E-state index in [1.54, 1.807) is 7.11 Å². The first kappa shape index (κ1) is 14.9. The van der Waals surface area contributed by atoms with Crippen LogP contribution in [0.15, 0.2) is 42.5 Å². The number of anilines is 2. The number of carbonyl (C=O) groups excluding carboxylic acids is 1. The Hall–Kier alpha value is -2.49. The Morgan fingerprint density at radius 3 is 2.48 bits per heavy atom. The average molecular weight is 284 g/mol. The van der Waals surface area contributed by atoms with Crippen LogP contribution in [-0.2, 0) is 4.79 Å². The summed E-state index contributed by atoms with van der Waals surface area (Å²) in [4.78, 5) is 11.9. The van der Waals surface area contributed by atoms with Crippen LogP contribution in [0, 0.1) is 13.8 Å². The molecule has 0 fully saturated rings. The monoisotopic (exact) mass is 284 g/mol. The fourth-order valence-corrected chi connectivity index (χ4v) is 1.98. The smallest absolute Gasteiger partial charge is 0.243 e. The predicted molar refractivity (Wildman–Crippen MR) is 86.0 cm³/mol. The molecule has 0 spiro atoms. The minimum absolute atomic E-state index is 0.0823. The van der Waals surface area contributed by atoms with Gasteiger partial charge in [-0.2, -0.15) is 0 Å². The molecule has 0 heterocycles. The summed E-state index contributed by atoms with van der Waals surface area (Å²) in [7, 11) is 1.61. The molecule has 0 aliphatic rings. The van der Waals surface area contributed by atoms with Gasteiger partial charge in [-0.3, -0.25) is 4.79 Å². The minimum Gasteiger partial charge on any atom is -0.497 e. The molecule has 0 bridgehead atoms. The summed E-state index contributed by atoms with van der Waals surface area (Å²) in [5, 5.41) is 6.00. The molecule has 110 valence electrons. The highest BCUT2D eigenvalue weighted by Gasteiger charge is 2.04. The molecular formula is C17H20N2O2. The Morgan fingerprint density at radius 2 is 1.81 bits per heavy atom. The SMILES string of the molecule is COc1ccc(NC(=O)CNc2cc(C)ccc2C)cc1. The molecule has 0 atom stereocenters. The molecular weight excluding hydrogens is 264 g/mol. The first-order chi connectivity index (χ1) is 10.1. The van der Waals surface area contributed by atoms with Crippen molar-refractivity contribution < 1.29 is 9.53 Å². The van der Waals surface area contributed by atoms with Crippen LogP contribution >= 0.6 is 0 Å². The van der Waals surface area contributed by atoms with Gasteiger partial charge in [0.2, 0.25) is 5.91 Å². The molecule has 4 nitrogen and oxygen atoms in total. The fraction of sp³-hybridized carbons (Fsp3) is 0.235. The van der Waals surface area contributed by atoms with Crippen molar-refractivity contribution in [2.75, 3.05) is 24.3 Å². The molecule has 0 aromatic heterocycles. The van der Waals surface area contributed by atoms with Crippen LogP contribution in [0.5, 0.6) is 5.75 Å². The molecule has 0 saturated heterocycles. The number of methoxy groups -OCH3 is 1. The van der Waals surface area contributed by atoms with Crippen molar-refractivity contribution >= 4 is 17.3 Å². The second kappa shape index (κ2) is 6.79. The van der Waals surface area contributed by atoms with Crippen LogP contribution in [0.1, 0.15) is 11.1 Å². The van der Waals surface area contributed by atoms with Crippen LogP contribution in [0.4, 0.5) is 11.4 Å². The van der Waals surface area contributed by atoms with Gasteiger partial charge in [-0.15, -0.1) is 0 Å². The van der Waals surface area contributed by atoms with Gasteiger partial charge in [-0.1, -0.05) is 12.1 Å². The largest absolute Gasteiger partial charge is 0.497 e. The predicted octanol–water partition coefficient (Wildman–Crippen LogP) is 3.36. The minimum atomic E-state index is -0.0823. The summed E-state index contributed by atoms with van der Waals surface area (Å²) in [5.41, 5.74) is 4.03. The van der Waals surface area contributed by atoms with Crippen LogP contribution in [0.3, 0.4) is 0 Å². The zero-order chi connectivity index (χ0) is 15.2. The van der Waals surface area contributed by atoms with Crippen molar-refractivity contribution in [1.82, 2.24) is 0 Å². The molecule has 0 aliphatic carbocycles. The highest BCUT2D eigenvalue weighted by molar-refractivity contribution is 5.93. The van der Waals surface area contributed by atoms with Crippen molar-refractivity contribution in [1.29, 1.82) is 0 Å². The van der Waals surface area contributed by atoms with Gasteiger partial charge in [0.1, 0.15) is 5.75 Å². The summed E-state index contributed by atoms with van der Waals surface area (Å²) in [6.45, 7) is 4.28. The second-order valence-electron chi connectivity index (χ2n) is 4.95. The Kier molecular flexibility index (Phi) is 4.82. The summed E-state index contributed by atoms with van der Waals surface area (Å²) < 4.78 is 5.08. The van der Waals surface area contributed by atoms with E-state index in [-0.39, 0.29) is 12.5 Å². The van der Waals surface area contributed by atoms with Gasteiger partial charge in [0.05, 0.1) is 13.7 Å². The normalized spacial score (nSPS) is 10.0. The lowest BCUT2D eigenvalue weighted by Crippen LogP contribution is -2.22. The second-order valence-corrected chi connectivity index (χ2v) is 4.95. The lowest BCUT2D eigenvalue weighted by Gasteiger charge is -2.11. The number of carbonyl (C=O) groups is 1. The van der Waals surface area contributed by atoms with E-state index >= 15 is 0 Å². The van der Waals surface area contributed by atoms with Crippen molar-refractivity contribution in [3.05, 3.63) is 53.6 Å². The van der Waals surface area contributed by atoms with Crippen molar-refractivity contribution in [2.24, 2.45) is 0 Å². The first-order valence-corrected chi connectivity index (χ1v) is 6.83. The summed E-state index contributed by atoms with van der Waals surface area (Å²) >= 11 is 0. The van der Waals surface area contributed by atoms with E-state index in [1.807, 2.05) is 50.2 Å². The number of nitrogens with one attached hydrogen (secondary N) is 2. The van der Waals surface area contributed by atoms with E-state index in [9.17, 15) is 4.79 Å². The number of ether oxygens (including phenoxy) is 1. The van der Waals surface area contributed by atoms with E-state index in [1.165, 1.54) is 5.56 Å².